The summed E-state index contributed by atoms with van der Waals surface area (Å²) < 4.78 is 5.46. The van der Waals surface area contributed by atoms with Gasteiger partial charge in [-0.05, 0) is 13.8 Å². The van der Waals surface area contributed by atoms with Crippen molar-refractivity contribution in [1.29, 1.82) is 0 Å². The zero-order valence-corrected chi connectivity index (χ0v) is 13.8. The first-order valence-electron chi connectivity index (χ1n) is 5.73. The van der Waals surface area contributed by atoms with Gasteiger partial charge in [-0.1, -0.05) is 0 Å². The van der Waals surface area contributed by atoms with Gasteiger partial charge in [-0.15, -0.1) is 35.3 Å². The van der Waals surface area contributed by atoms with Gasteiger partial charge >= 0.3 is 0 Å². The third-order valence-electron chi connectivity index (χ3n) is 2.63. The van der Waals surface area contributed by atoms with Crippen molar-refractivity contribution >= 4 is 41.3 Å². The Morgan fingerprint density at radius 1 is 1.72 bits per heavy atom. The predicted molar refractivity (Wildman–Crippen MR) is 84.6 cm³/mol. The van der Waals surface area contributed by atoms with E-state index in [1.54, 1.807) is 11.3 Å². The van der Waals surface area contributed by atoms with Crippen LogP contribution in [0.5, 0.6) is 0 Å². The molecule has 5 nitrogen and oxygen atoms in total. The molecule has 0 saturated carbocycles. The van der Waals surface area contributed by atoms with Crippen LogP contribution in [0.2, 0.25) is 0 Å². The number of aliphatic imine (C=N–C) groups is 1. The number of thiazole rings is 1. The maximum Gasteiger partial charge on any atom is 0.191 e. The number of hydrogen-bond donors (Lipinski definition) is 1. The minimum absolute atomic E-state index is 0. The number of halogens is 1. The number of nitrogens with two attached hydrogens (primary N) is 1. The number of aryl methyl sites for hydroxylation is 1. The quantitative estimate of drug-likeness (QED) is 0.480. The number of nitrogens with zero attached hydrogens (tertiary/aromatic N) is 3. The molecular weight excluding hydrogens is 363 g/mol. The summed E-state index contributed by atoms with van der Waals surface area (Å²) in [5.74, 6) is 0.603. The van der Waals surface area contributed by atoms with E-state index in [4.69, 9.17) is 10.5 Å². The molecule has 0 radical (unpaired) electrons. The molecule has 1 atom stereocenters. The molecule has 1 saturated heterocycles. The van der Waals surface area contributed by atoms with Crippen LogP contribution in [-0.4, -0.2) is 41.6 Å². The molecule has 1 fully saturated rings. The maximum absolute atomic E-state index is 5.97. The monoisotopic (exact) mass is 382 g/mol. The summed E-state index contributed by atoms with van der Waals surface area (Å²) in [6.07, 6.45) is 2.08. The van der Waals surface area contributed by atoms with Gasteiger partial charge in [-0.25, -0.2) is 9.98 Å². The lowest BCUT2D eigenvalue weighted by Crippen LogP contribution is -2.47. The van der Waals surface area contributed by atoms with E-state index in [0.29, 0.717) is 12.5 Å². The summed E-state index contributed by atoms with van der Waals surface area (Å²) in [5, 5.41) is 1.06. The van der Waals surface area contributed by atoms with Crippen molar-refractivity contribution in [2.24, 2.45) is 10.7 Å². The average molecular weight is 382 g/mol. The molecule has 1 aliphatic rings. The van der Waals surface area contributed by atoms with E-state index in [1.165, 1.54) is 0 Å². The van der Waals surface area contributed by atoms with E-state index in [-0.39, 0.29) is 30.1 Å². The van der Waals surface area contributed by atoms with Crippen molar-refractivity contribution in [1.82, 2.24) is 9.88 Å². The highest BCUT2D eigenvalue weighted by molar-refractivity contribution is 14.0. The lowest BCUT2D eigenvalue weighted by Gasteiger charge is -2.31. The Kier molecular flexibility index (Phi) is 6.30. The first kappa shape index (κ1) is 15.6. The lowest BCUT2D eigenvalue weighted by atomic mass is 10.3. The topological polar surface area (TPSA) is 63.7 Å². The number of ether oxygens (including phenoxy) is 1. The van der Waals surface area contributed by atoms with Crippen LogP contribution < -0.4 is 5.73 Å². The van der Waals surface area contributed by atoms with Crippen LogP contribution in [0.1, 0.15) is 16.8 Å². The first-order valence-corrected chi connectivity index (χ1v) is 6.54. The van der Waals surface area contributed by atoms with E-state index < -0.39 is 0 Å². The molecule has 1 unspecified atom stereocenters. The summed E-state index contributed by atoms with van der Waals surface area (Å²) in [4.78, 5) is 11.8. The van der Waals surface area contributed by atoms with Crippen molar-refractivity contribution < 1.29 is 4.74 Å². The molecule has 2 heterocycles. The predicted octanol–water partition coefficient (Wildman–Crippen LogP) is 1.60. The van der Waals surface area contributed by atoms with Crippen LogP contribution in [-0.2, 0) is 11.3 Å². The number of morpholine rings is 1. The smallest absolute Gasteiger partial charge is 0.191 e. The van der Waals surface area contributed by atoms with Crippen molar-refractivity contribution in [3.63, 3.8) is 0 Å². The first-order chi connectivity index (χ1) is 8.15. The van der Waals surface area contributed by atoms with Gasteiger partial charge in [0.15, 0.2) is 5.96 Å². The largest absolute Gasteiger partial charge is 0.375 e. The van der Waals surface area contributed by atoms with Gasteiger partial charge in [0.2, 0.25) is 0 Å². The molecule has 1 aromatic rings. The number of rotatable bonds is 2. The molecule has 1 aromatic heterocycles. The highest BCUT2D eigenvalue weighted by Crippen LogP contribution is 2.12. The van der Waals surface area contributed by atoms with Crippen molar-refractivity contribution in [3.05, 3.63) is 16.1 Å². The highest BCUT2D eigenvalue weighted by Gasteiger charge is 2.17. The summed E-state index contributed by atoms with van der Waals surface area (Å²) >= 11 is 1.66. The highest BCUT2D eigenvalue weighted by atomic mass is 127. The van der Waals surface area contributed by atoms with Crippen LogP contribution >= 0.6 is 35.3 Å². The third-order valence-corrected chi connectivity index (χ3v) is 3.53. The zero-order valence-electron chi connectivity index (χ0n) is 10.6. The molecule has 0 aromatic carbocycles. The molecule has 0 aliphatic carbocycles. The van der Waals surface area contributed by atoms with Gasteiger partial charge in [-0.3, -0.25) is 0 Å². The van der Waals surface area contributed by atoms with Crippen LogP contribution in [0.4, 0.5) is 0 Å². The van der Waals surface area contributed by atoms with E-state index in [1.807, 2.05) is 20.0 Å². The van der Waals surface area contributed by atoms with Gasteiger partial charge < -0.3 is 15.4 Å². The van der Waals surface area contributed by atoms with Crippen molar-refractivity contribution in [2.45, 2.75) is 26.5 Å². The SMILES string of the molecule is Cc1ncc(CN=C(N)N2CCOC(C)C2)s1.I. The molecular formula is C11H19IN4OS. The second kappa shape index (κ2) is 7.25. The van der Waals surface area contributed by atoms with Gasteiger partial charge in [-0.2, -0.15) is 0 Å². The van der Waals surface area contributed by atoms with Gasteiger partial charge in [0, 0.05) is 24.2 Å². The number of hydrogen-bond acceptors (Lipinski definition) is 4. The zero-order chi connectivity index (χ0) is 12.3. The molecule has 0 amide bonds. The van der Waals surface area contributed by atoms with Gasteiger partial charge in [0.25, 0.3) is 0 Å². The minimum Gasteiger partial charge on any atom is -0.375 e. The Hall–Kier alpha value is -0.410. The molecule has 0 bridgehead atoms. The maximum atomic E-state index is 5.97. The van der Waals surface area contributed by atoms with Crippen LogP contribution in [0.25, 0.3) is 0 Å². The fraction of sp³-hybridized carbons (Fsp3) is 0.636. The van der Waals surface area contributed by atoms with Crippen LogP contribution in [0, 0.1) is 6.92 Å². The van der Waals surface area contributed by atoms with Crippen molar-refractivity contribution in [2.75, 3.05) is 19.7 Å². The second-order valence-electron chi connectivity index (χ2n) is 4.15. The third kappa shape index (κ3) is 4.36. The minimum atomic E-state index is 0. The number of aromatic nitrogens is 1. The van der Waals surface area contributed by atoms with E-state index in [0.717, 1.165) is 29.6 Å². The lowest BCUT2D eigenvalue weighted by molar-refractivity contribution is 0.00529. The molecule has 0 spiro atoms. The summed E-state index contributed by atoms with van der Waals surface area (Å²) in [5.41, 5.74) is 5.97. The van der Waals surface area contributed by atoms with Crippen molar-refractivity contribution in [3.8, 4) is 0 Å². The van der Waals surface area contributed by atoms with Crippen LogP contribution in [0.3, 0.4) is 0 Å². The standard InChI is InChI=1S/C11H18N4OS.HI/c1-8-7-15(3-4-16-8)11(12)14-6-10-5-13-9(2)17-10;/h5,8H,3-4,6-7H2,1-2H3,(H2,12,14);1H. The molecule has 2 N–H and O–H groups in total. The summed E-state index contributed by atoms with van der Waals surface area (Å²) in [6.45, 7) is 7.01. The van der Waals surface area contributed by atoms with Crippen LogP contribution in [0.15, 0.2) is 11.2 Å². The molecule has 1 aliphatic heterocycles. The Balaban J connectivity index is 0.00000162. The fourth-order valence-corrected chi connectivity index (χ4v) is 2.48. The Morgan fingerprint density at radius 2 is 2.50 bits per heavy atom. The Morgan fingerprint density at radius 3 is 3.11 bits per heavy atom. The van der Waals surface area contributed by atoms with E-state index in [2.05, 4.69) is 14.9 Å². The molecule has 18 heavy (non-hydrogen) atoms. The number of guanidine groups is 1. The van der Waals surface area contributed by atoms with E-state index >= 15 is 0 Å². The Bertz CT molecular complexity index is 410. The molecule has 2 rings (SSSR count). The summed E-state index contributed by atoms with van der Waals surface area (Å²) in [7, 11) is 0. The molecule has 7 heteroatoms. The average Bonchev–Trinajstić information content (AvgIpc) is 2.72. The van der Waals surface area contributed by atoms with Gasteiger partial charge in [0.1, 0.15) is 0 Å². The normalized spacial score (nSPS) is 20.7. The van der Waals surface area contributed by atoms with Gasteiger partial charge in [0.05, 0.1) is 24.3 Å². The second-order valence-corrected chi connectivity index (χ2v) is 5.47. The molecule has 102 valence electrons. The Labute approximate surface area is 128 Å². The van der Waals surface area contributed by atoms with E-state index in [9.17, 15) is 0 Å². The fourth-order valence-electron chi connectivity index (χ4n) is 1.76. The summed E-state index contributed by atoms with van der Waals surface area (Å²) in [6, 6.07) is 0.